The average molecular weight is 396 g/mol. The standard InChI is InChI=1S/C21H20N2O4S/c1-12-16(18(27-23-12)13-8-4-3-5-9-13)19(24)22-20-17(21(25)26-2)14-10-6-7-11-15(14)28-20/h3-5,8-9H,6-7,10-11H2,1-2H3,(H,22,24). The molecule has 1 aliphatic carbocycles. The number of nitrogens with one attached hydrogen (secondary N) is 1. The van der Waals surface area contributed by atoms with E-state index in [1.54, 1.807) is 6.92 Å². The second kappa shape index (κ2) is 7.59. The van der Waals surface area contributed by atoms with Gasteiger partial charge in [-0.1, -0.05) is 35.5 Å². The lowest BCUT2D eigenvalue weighted by molar-refractivity contribution is 0.0601. The summed E-state index contributed by atoms with van der Waals surface area (Å²) in [7, 11) is 1.36. The van der Waals surface area contributed by atoms with Crippen LogP contribution < -0.4 is 5.32 Å². The van der Waals surface area contributed by atoms with Crippen LogP contribution >= 0.6 is 11.3 Å². The van der Waals surface area contributed by atoms with Crippen LogP contribution in [0.15, 0.2) is 34.9 Å². The molecule has 0 spiro atoms. The van der Waals surface area contributed by atoms with Crippen molar-refractivity contribution in [3.05, 3.63) is 57.6 Å². The first kappa shape index (κ1) is 18.4. The molecule has 0 bridgehead atoms. The highest BCUT2D eigenvalue weighted by Crippen LogP contribution is 2.39. The molecule has 3 aromatic rings. The average Bonchev–Trinajstić information content (AvgIpc) is 3.28. The van der Waals surface area contributed by atoms with Crippen LogP contribution in [0.4, 0.5) is 5.00 Å². The van der Waals surface area contributed by atoms with E-state index in [4.69, 9.17) is 9.26 Å². The Hall–Kier alpha value is -2.93. The highest BCUT2D eigenvalue weighted by atomic mass is 32.1. The van der Waals surface area contributed by atoms with Gasteiger partial charge in [0.2, 0.25) is 0 Å². The Balaban J connectivity index is 1.72. The number of aromatic nitrogens is 1. The predicted molar refractivity (Wildman–Crippen MR) is 107 cm³/mol. The van der Waals surface area contributed by atoms with Crippen molar-refractivity contribution in [3.8, 4) is 11.3 Å². The molecule has 2 aromatic heterocycles. The number of fused-ring (bicyclic) bond motifs is 1. The molecule has 0 unspecified atom stereocenters. The lowest BCUT2D eigenvalue weighted by Gasteiger charge is -2.11. The van der Waals surface area contributed by atoms with Gasteiger partial charge in [0.05, 0.1) is 18.4 Å². The molecule has 0 fully saturated rings. The van der Waals surface area contributed by atoms with Crippen molar-refractivity contribution in [2.75, 3.05) is 12.4 Å². The van der Waals surface area contributed by atoms with Gasteiger partial charge in [0, 0.05) is 10.4 Å². The highest BCUT2D eigenvalue weighted by Gasteiger charge is 2.29. The van der Waals surface area contributed by atoms with Gasteiger partial charge in [-0.05, 0) is 38.2 Å². The van der Waals surface area contributed by atoms with Crippen molar-refractivity contribution in [1.82, 2.24) is 5.16 Å². The molecule has 6 nitrogen and oxygen atoms in total. The van der Waals surface area contributed by atoms with E-state index < -0.39 is 5.97 Å². The van der Waals surface area contributed by atoms with Gasteiger partial charge >= 0.3 is 5.97 Å². The summed E-state index contributed by atoms with van der Waals surface area (Å²) in [6, 6.07) is 9.36. The van der Waals surface area contributed by atoms with Crippen molar-refractivity contribution in [1.29, 1.82) is 0 Å². The van der Waals surface area contributed by atoms with Crippen molar-refractivity contribution < 1.29 is 18.8 Å². The van der Waals surface area contributed by atoms with Gasteiger partial charge in [-0.3, -0.25) is 4.79 Å². The summed E-state index contributed by atoms with van der Waals surface area (Å²) in [5, 5.41) is 7.42. The number of rotatable bonds is 4. The van der Waals surface area contributed by atoms with E-state index in [-0.39, 0.29) is 5.91 Å². The van der Waals surface area contributed by atoms with Crippen molar-refractivity contribution in [3.63, 3.8) is 0 Å². The summed E-state index contributed by atoms with van der Waals surface area (Å²) < 4.78 is 10.4. The molecule has 7 heteroatoms. The second-order valence-corrected chi connectivity index (χ2v) is 7.80. The van der Waals surface area contributed by atoms with Crippen LogP contribution in [-0.2, 0) is 17.6 Å². The van der Waals surface area contributed by atoms with E-state index >= 15 is 0 Å². The second-order valence-electron chi connectivity index (χ2n) is 6.70. The van der Waals surface area contributed by atoms with Gasteiger partial charge in [0.1, 0.15) is 10.6 Å². The molecule has 0 aliphatic heterocycles. The third-order valence-corrected chi connectivity index (χ3v) is 6.12. The van der Waals surface area contributed by atoms with Gasteiger partial charge in [0.25, 0.3) is 5.91 Å². The number of ether oxygens (including phenoxy) is 1. The Morgan fingerprint density at radius 1 is 1.14 bits per heavy atom. The zero-order chi connectivity index (χ0) is 19.7. The number of aryl methyl sites for hydroxylation is 2. The number of carbonyl (C=O) groups excluding carboxylic acids is 2. The molecule has 1 aromatic carbocycles. The minimum atomic E-state index is -0.417. The van der Waals surface area contributed by atoms with Gasteiger partial charge in [0.15, 0.2) is 5.76 Å². The quantitative estimate of drug-likeness (QED) is 0.650. The van der Waals surface area contributed by atoms with E-state index in [2.05, 4.69) is 10.5 Å². The number of thiophene rings is 1. The van der Waals surface area contributed by atoms with Crippen LogP contribution in [0, 0.1) is 6.92 Å². The normalized spacial score (nSPS) is 13.1. The molecule has 4 rings (SSSR count). The van der Waals surface area contributed by atoms with E-state index in [1.807, 2.05) is 30.3 Å². The molecule has 1 amide bonds. The number of hydrogen-bond donors (Lipinski definition) is 1. The van der Waals surface area contributed by atoms with E-state index in [9.17, 15) is 9.59 Å². The van der Waals surface area contributed by atoms with Crippen LogP contribution in [0.5, 0.6) is 0 Å². The van der Waals surface area contributed by atoms with Crippen LogP contribution in [0.2, 0.25) is 0 Å². The van der Waals surface area contributed by atoms with Crippen molar-refractivity contribution in [2.45, 2.75) is 32.6 Å². The lowest BCUT2D eigenvalue weighted by Crippen LogP contribution is -2.16. The largest absolute Gasteiger partial charge is 0.465 e. The van der Waals surface area contributed by atoms with E-state index in [1.165, 1.54) is 18.4 Å². The summed E-state index contributed by atoms with van der Waals surface area (Å²) in [5.41, 5.74) is 3.12. The third-order valence-electron chi connectivity index (χ3n) is 4.91. The lowest BCUT2D eigenvalue weighted by atomic mass is 9.95. The zero-order valence-corrected chi connectivity index (χ0v) is 16.5. The molecule has 28 heavy (non-hydrogen) atoms. The first-order valence-corrected chi connectivity index (χ1v) is 9.97. The molecule has 0 saturated carbocycles. The Labute approximate surface area is 166 Å². The van der Waals surface area contributed by atoms with Crippen LogP contribution in [0.1, 0.15) is 49.7 Å². The molecule has 0 radical (unpaired) electrons. The molecular weight excluding hydrogens is 376 g/mol. The molecule has 2 heterocycles. The number of nitrogens with zero attached hydrogens (tertiary/aromatic N) is 1. The van der Waals surface area contributed by atoms with E-state index in [0.29, 0.717) is 27.6 Å². The Morgan fingerprint density at radius 2 is 1.89 bits per heavy atom. The van der Waals surface area contributed by atoms with Gasteiger partial charge in [-0.25, -0.2) is 4.79 Å². The number of esters is 1. The SMILES string of the molecule is COC(=O)c1c(NC(=O)c2c(C)noc2-c2ccccc2)sc2c1CCCC2. The zero-order valence-electron chi connectivity index (χ0n) is 15.7. The van der Waals surface area contributed by atoms with Gasteiger partial charge < -0.3 is 14.6 Å². The number of anilines is 1. The Bertz CT molecular complexity index is 1040. The van der Waals surface area contributed by atoms with Crippen LogP contribution in [-0.4, -0.2) is 24.1 Å². The fourth-order valence-corrected chi connectivity index (χ4v) is 4.83. The highest BCUT2D eigenvalue weighted by molar-refractivity contribution is 7.17. The van der Waals surface area contributed by atoms with Crippen molar-refractivity contribution in [2.24, 2.45) is 0 Å². The number of methoxy groups -OCH3 is 1. The molecule has 1 aliphatic rings. The van der Waals surface area contributed by atoms with E-state index in [0.717, 1.165) is 41.7 Å². The molecule has 144 valence electrons. The van der Waals surface area contributed by atoms with Crippen LogP contribution in [0.3, 0.4) is 0 Å². The molecular formula is C21H20N2O4S. The summed E-state index contributed by atoms with van der Waals surface area (Å²) >= 11 is 1.45. The molecule has 0 atom stereocenters. The summed E-state index contributed by atoms with van der Waals surface area (Å²) in [6.07, 6.45) is 3.86. The Morgan fingerprint density at radius 3 is 2.64 bits per heavy atom. The molecule has 1 N–H and O–H groups in total. The topological polar surface area (TPSA) is 81.4 Å². The summed E-state index contributed by atoms with van der Waals surface area (Å²) in [4.78, 5) is 26.6. The van der Waals surface area contributed by atoms with Gasteiger partial charge in [-0.2, -0.15) is 0 Å². The monoisotopic (exact) mass is 396 g/mol. The maximum absolute atomic E-state index is 13.1. The predicted octanol–water partition coefficient (Wildman–Crippen LogP) is 4.63. The Kier molecular flexibility index (Phi) is 5.00. The first-order valence-electron chi connectivity index (χ1n) is 9.16. The van der Waals surface area contributed by atoms with Crippen molar-refractivity contribution >= 4 is 28.2 Å². The molecule has 0 saturated heterocycles. The fraction of sp³-hybridized carbons (Fsp3) is 0.286. The number of carbonyl (C=O) groups is 2. The number of amides is 1. The number of benzene rings is 1. The van der Waals surface area contributed by atoms with Crippen LogP contribution in [0.25, 0.3) is 11.3 Å². The third kappa shape index (κ3) is 3.22. The summed E-state index contributed by atoms with van der Waals surface area (Å²) in [5.74, 6) is -0.349. The minimum Gasteiger partial charge on any atom is -0.465 e. The smallest absolute Gasteiger partial charge is 0.341 e. The maximum Gasteiger partial charge on any atom is 0.341 e. The first-order chi connectivity index (χ1) is 13.6. The fourth-order valence-electron chi connectivity index (χ4n) is 3.56. The maximum atomic E-state index is 13.1. The minimum absolute atomic E-state index is 0.346. The summed E-state index contributed by atoms with van der Waals surface area (Å²) in [6.45, 7) is 1.73. The number of hydrogen-bond acceptors (Lipinski definition) is 6. The van der Waals surface area contributed by atoms with Gasteiger partial charge in [-0.15, -0.1) is 11.3 Å².